The summed E-state index contributed by atoms with van der Waals surface area (Å²) in [6, 6.07) is 0. The van der Waals surface area contributed by atoms with Gasteiger partial charge in [-0.1, -0.05) is 13.8 Å². The average molecular weight is 227 g/mol. The first-order valence-corrected chi connectivity index (χ1v) is 6.22. The largest absolute Gasteiger partial charge is 0.465 e. The van der Waals surface area contributed by atoms with E-state index in [0.29, 0.717) is 13.0 Å². The number of thiazole rings is 1. The van der Waals surface area contributed by atoms with Crippen molar-refractivity contribution in [1.29, 1.82) is 0 Å². The molecule has 1 aromatic heterocycles. The second-order valence-corrected chi connectivity index (χ2v) is 4.24. The zero-order valence-corrected chi connectivity index (χ0v) is 10.1. The third-order valence-electron chi connectivity index (χ3n) is 2.11. The lowest BCUT2D eigenvalue weighted by atomic mass is 10.2. The van der Waals surface area contributed by atoms with Gasteiger partial charge in [0.25, 0.3) is 0 Å². The molecule has 0 aliphatic carbocycles. The van der Waals surface area contributed by atoms with Gasteiger partial charge in [0.15, 0.2) is 0 Å². The van der Waals surface area contributed by atoms with Crippen molar-refractivity contribution in [3.8, 4) is 0 Å². The van der Waals surface area contributed by atoms with E-state index in [1.54, 1.807) is 11.3 Å². The van der Waals surface area contributed by atoms with Crippen molar-refractivity contribution in [3.63, 3.8) is 0 Å². The number of ether oxygens (including phenoxy) is 1. The first-order chi connectivity index (χ1) is 7.27. The smallest absolute Gasteiger partial charge is 0.305 e. The Morgan fingerprint density at radius 3 is 3.00 bits per heavy atom. The molecule has 0 spiro atoms. The van der Waals surface area contributed by atoms with Crippen LogP contribution in [0.2, 0.25) is 0 Å². The normalized spacial score (nSPS) is 10.3. The van der Waals surface area contributed by atoms with Crippen molar-refractivity contribution in [3.05, 3.63) is 16.1 Å². The van der Waals surface area contributed by atoms with E-state index in [0.717, 1.165) is 25.0 Å². The van der Waals surface area contributed by atoms with Crippen LogP contribution in [0.15, 0.2) is 5.51 Å². The summed E-state index contributed by atoms with van der Waals surface area (Å²) in [5.41, 5.74) is 2.98. The van der Waals surface area contributed by atoms with Crippen molar-refractivity contribution in [2.24, 2.45) is 0 Å². The summed E-state index contributed by atoms with van der Waals surface area (Å²) in [4.78, 5) is 16.6. The van der Waals surface area contributed by atoms with Crippen LogP contribution in [0.1, 0.15) is 37.3 Å². The van der Waals surface area contributed by atoms with Gasteiger partial charge in [0.1, 0.15) is 0 Å². The Morgan fingerprint density at radius 1 is 1.53 bits per heavy atom. The number of nitrogens with zero attached hydrogens (tertiary/aromatic N) is 1. The fourth-order valence-electron chi connectivity index (χ4n) is 1.32. The summed E-state index contributed by atoms with van der Waals surface area (Å²) in [6.45, 7) is 4.54. The van der Waals surface area contributed by atoms with Crippen LogP contribution < -0.4 is 0 Å². The molecule has 84 valence electrons. The lowest BCUT2D eigenvalue weighted by Gasteiger charge is -2.03. The molecule has 4 heteroatoms. The number of esters is 1. The second-order valence-electron chi connectivity index (χ2n) is 3.30. The molecule has 0 aromatic carbocycles. The monoisotopic (exact) mass is 227 g/mol. The van der Waals surface area contributed by atoms with Crippen LogP contribution in [-0.2, 0) is 22.4 Å². The Bertz CT molecular complexity index is 309. The maximum Gasteiger partial charge on any atom is 0.305 e. The fraction of sp³-hybridized carbons (Fsp3) is 0.636. The summed E-state index contributed by atoms with van der Waals surface area (Å²) in [6.07, 6.45) is 3.11. The predicted octanol–water partition coefficient (Wildman–Crippen LogP) is 2.59. The van der Waals surface area contributed by atoms with Gasteiger partial charge in [0.05, 0.1) is 17.8 Å². The molecule has 1 rings (SSSR count). The third kappa shape index (κ3) is 4.00. The van der Waals surface area contributed by atoms with Crippen LogP contribution in [0.4, 0.5) is 0 Å². The minimum absolute atomic E-state index is 0.0972. The topological polar surface area (TPSA) is 39.2 Å². The molecule has 0 aliphatic heterocycles. The highest BCUT2D eigenvalue weighted by Gasteiger charge is 2.05. The van der Waals surface area contributed by atoms with Gasteiger partial charge >= 0.3 is 5.97 Å². The van der Waals surface area contributed by atoms with Crippen molar-refractivity contribution in [1.82, 2.24) is 4.98 Å². The van der Waals surface area contributed by atoms with Crippen LogP contribution in [0.25, 0.3) is 0 Å². The second kappa shape index (κ2) is 6.56. The molecule has 1 aromatic rings. The zero-order chi connectivity index (χ0) is 11.1. The van der Waals surface area contributed by atoms with Crippen LogP contribution in [-0.4, -0.2) is 17.6 Å². The summed E-state index contributed by atoms with van der Waals surface area (Å²) in [5, 5.41) is 0. The summed E-state index contributed by atoms with van der Waals surface area (Å²) in [7, 11) is 0. The molecule has 0 fully saturated rings. The molecular weight excluding hydrogens is 210 g/mol. The number of aryl methyl sites for hydroxylation is 1. The summed E-state index contributed by atoms with van der Waals surface area (Å²) in [5.74, 6) is -0.0972. The van der Waals surface area contributed by atoms with Crippen LogP contribution in [0.5, 0.6) is 0 Å². The fourth-order valence-corrected chi connectivity index (χ4v) is 2.16. The number of aromatic nitrogens is 1. The van der Waals surface area contributed by atoms with Gasteiger partial charge in [-0.3, -0.25) is 4.79 Å². The molecule has 0 unspecified atom stereocenters. The highest BCUT2D eigenvalue weighted by molar-refractivity contribution is 7.09. The first kappa shape index (κ1) is 12.2. The van der Waals surface area contributed by atoms with E-state index in [1.807, 2.05) is 12.4 Å². The molecule has 0 saturated heterocycles. The highest BCUT2D eigenvalue weighted by Crippen LogP contribution is 2.14. The van der Waals surface area contributed by atoms with Gasteiger partial charge in [0.2, 0.25) is 0 Å². The van der Waals surface area contributed by atoms with E-state index in [-0.39, 0.29) is 5.97 Å². The maximum atomic E-state index is 11.1. The van der Waals surface area contributed by atoms with Gasteiger partial charge < -0.3 is 4.74 Å². The summed E-state index contributed by atoms with van der Waals surface area (Å²) >= 11 is 1.64. The summed E-state index contributed by atoms with van der Waals surface area (Å²) < 4.78 is 5.10. The zero-order valence-electron chi connectivity index (χ0n) is 9.28. The molecule has 0 amide bonds. The third-order valence-corrected chi connectivity index (χ3v) is 3.04. The van der Waals surface area contributed by atoms with Crippen LogP contribution in [0.3, 0.4) is 0 Å². The average Bonchev–Trinajstić information content (AvgIpc) is 2.66. The van der Waals surface area contributed by atoms with E-state index in [9.17, 15) is 4.79 Å². The number of rotatable bonds is 6. The minimum Gasteiger partial charge on any atom is -0.465 e. The van der Waals surface area contributed by atoms with E-state index in [2.05, 4.69) is 11.9 Å². The van der Waals surface area contributed by atoms with Crippen molar-refractivity contribution in [2.45, 2.75) is 39.5 Å². The molecule has 0 bridgehead atoms. The Morgan fingerprint density at radius 2 is 2.33 bits per heavy atom. The molecule has 0 radical (unpaired) electrons. The molecule has 0 atom stereocenters. The number of hydrogen-bond acceptors (Lipinski definition) is 4. The molecule has 0 aliphatic rings. The van der Waals surface area contributed by atoms with Crippen LogP contribution >= 0.6 is 11.3 Å². The molecule has 0 N–H and O–H groups in total. The molecule has 15 heavy (non-hydrogen) atoms. The van der Waals surface area contributed by atoms with E-state index in [1.165, 1.54) is 4.88 Å². The minimum atomic E-state index is -0.0972. The SMILES string of the molecule is CCCC(=O)OCCc1scnc1CC. The molecule has 3 nitrogen and oxygen atoms in total. The Labute approximate surface area is 94.5 Å². The molecular formula is C11H17NO2S. The predicted molar refractivity (Wildman–Crippen MR) is 61.1 cm³/mol. The van der Waals surface area contributed by atoms with Gasteiger partial charge in [-0.2, -0.15) is 0 Å². The van der Waals surface area contributed by atoms with Gasteiger partial charge in [0, 0.05) is 17.7 Å². The number of hydrogen-bond donors (Lipinski definition) is 0. The van der Waals surface area contributed by atoms with Crippen LogP contribution in [0, 0.1) is 0 Å². The Kier molecular flexibility index (Phi) is 5.32. The van der Waals surface area contributed by atoms with Gasteiger partial charge in [-0.05, 0) is 12.8 Å². The Balaban J connectivity index is 2.28. The first-order valence-electron chi connectivity index (χ1n) is 5.34. The maximum absolute atomic E-state index is 11.1. The van der Waals surface area contributed by atoms with Crippen molar-refractivity contribution < 1.29 is 9.53 Å². The quantitative estimate of drug-likeness (QED) is 0.701. The highest BCUT2D eigenvalue weighted by atomic mass is 32.1. The van der Waals surface area contributed by atoms with Crippen molar-refractivity contribution in [2.75, 3.05) is 6.61 Å². The van der Waals surface area contributed by atoms with E-state index in [4.69, 9.17) is 4.74 Å². The molecule has 0 saturated carbocycles. The van der Waals surface area contributed by atoms with E-state index < -0.39 is 0 Å². The lowest BCUT2D eigenvalue weighted by molar-refractivity contribution is -0.143. The Hall–Kier alpha value is -0.900. The van der Waals surface area contributed by atoms with Crippen molar-refractivity contribution >= 4 is 17.3 Å². The molecule has 1 heterocycles. The standard InChI is InChI=1S/C11H17NO2S/c1-3-5-11(13)14-7-6-10-9(4-2)12-8-15-10/h8H,3-7H2,1-2H3. The number of carbonyl (C=O) groups is 1. The lowest BCUT2D eigenvalue weighted by Crippen LogP contribution is -2.07. The van der Waals surface area contributed by atoms with Gasteiger partial charge in [-0.15, -0.1) is 11.3 Å². The van der Waals surface area contributed by atoms with E-state index >= 15 is 0 Å². The number of carbonyl (C=O) groups excluding carboxylic acids is 1. The van der Waals surface area contributed by atoms with Gasteiger partial charge in [-0.25, -0.2) is 4.98 Å².